The maximum atomic E-state index is 12.4. The molecule has 23 heavy (non-hydrogen) atoms. The number of carbonyl (C=O) groups excluding carboxylic acids is 1. The van der Waals surface area contributed by atoms with Crippen LogP contribution in [0.3, 0.4) is 0 Å². The Morgan fingerprint density at radius 1 is 1.39 bits per heavy atom. The van der Waals surface area contributed by atoms with Gasteiger partial charge in [-0.3, -0.25) is 4.79 Å². The quantitative estimate of drug-likeness (QED) is 0.935. The molecule has 1 amide bonds. The summed E-state index contributed by atoms with van der Waals surface area (Å²) >= 11 is 0. The fourth-order valence-corrected chi connectivity index (χ4v) is 2.99. The van der Waals surface area contributed by atoms with E-state index in [4.69, 9.17) is 15.0 Å². The number of ether oxygens (including phenoxy) is 1. The molecule has 2 aromatic rings. The summed E-state index contributed by atoms with van der Waals surface area (Å²) in [7, 11) is 1.63. The first-order valence-electron chi connectivity index (χ1n) is 7.78. The SMILES string of the molecule is COc1cccc(CC(=O)N2CCC(c3cc(N)on3)CC2)c1. The Balaban J connectivity index is 1.55. The second kappa shape index (κ2) is 6.73. The van der Waals surface area contributed by atoms with Crippen LogP contribution in [0.25, 0.3) is 0 Å². The lowest BCUT2D eigenvalue weighted by Crippen LogP contribution is -2.38. The number of aromatic nitrogens is 1. The van der Waals surface area contributed by atoms with Crippen molar-refractivity contribution in [1.29, 1.82) is 0 Å². The van der Waals surface area contributed by atoms with E-state index >= 15 is 0 Å². The van der Waals surface area contributed by atoms with Crippen LogP contribution in [-0.2, 0) is 11.2 Å². The van der Waals surface area contributed by atoms with Crippen LogP contribution in [0, 0.1) is 0 Å². The highest BCUT2D eigenvalue weighted by Crippen LogP contribution is 2.28. The van der Waals surface area contributed by atoms with E-state index in [1.165, 1.54) is 0 Å². The van der Waals surface area contributed by atoms with Crippen LogP contribution in [0.2, 0.25) is 0 Å². The number of carbonyl (C=O) groups is 1. The van der Waals surface area contributed by atoms with E-state index in [0.717, 1.165) is 42.9 Å². The third kappa shape index (κ3) is 3.64. The molecular weight excluding hydrogens is 294 g/mol. The maximum absolute atomic E-state index is 12.4. The van der Waals surface area contributed by atoms with Crippen molar-refractivity contribution in [1.82, 2.24) is 10.1 Å². The molecule has 2 heterocycles. The summed E-state index contributed by atoms with van der Waals surface area (Å²) in [5.74, 6) is 1.59. The molecule has 0 saturated carbocycles. The fraction of sp³-hybridized carbons (Fsp3) is 0.412. The van der Waals surface area contributed by atoms with Gasteiger partial charge in [0.25, 0.3) is 0 Å². The minimum atomic E-state index is 0.149. The molecule has 0 radical (unpaired) electrons. The van der Waals surface area contributed by atoms with Crippen molar-refractivity contribution >= 4 is 11.8 Å². The zero-order valence-corrected chi connectivity index (χ0v) is 13.2. The topological polar surface area (TPSA) is 81.6 Å². The van der Waals surface area contributed by atoms with Gasteiger partial charge >= 0.3 is 0 Å². The smallest absolute Gasteiger partial charge is 0.226 e. The number of benzene rings is 1. The molecule has 0 atom stereocenters. The molecule has 1 aliphatic heterocycles. The molecule has 6 nitrogen and oxygen atoms in total. The predicted octanol–water partition coefficient (Wildman–Crippen LogP) is 2.21. The number of hydrogen-bond acceptors (Lipinski definition) is 5. The number of nitrogens with zero attached hydrogens (tertiary/aromatic N) is 2. The molecule has 1 aromatic heterocycles. The third-order valence-electron chi connectivity index (χ3n) is 4.30. The van der Waals surface area contributed by atoms with Gasteiger partial charge in [0.05, 0.1) is 19.2 Å². The van der Waals surface area contributed by atoms with Crippen molar-refractivity contribution < 1.29 is 14.1 Å². The molecule has 122 valence electrons. The number of hydrogen-bond donors (Lipinski definition) is 1. The van der Waals surface area contributed by atoms with Crippen LogP contribution >= 0.6 is 0 Å². The summed E-state index contributed by atoms with van der Waals surface area (Å²) in [4.78, 5) is 14.4. The minimum Gasteiger partial charge on any atom is -0.497 e. The van der Waals surface area contributed by atoms with E-state index in [2.05, 4.69) is 5.16 Å². The fourth-order valence-electron chi connectivity index (χ4n) is 2.99. The lowest BCUT2D eigenvalue weighted by atomic mass is 9.93. The van der Waals surface area contributed by atoms with Crippen molar-refractivity contribution in [2.75, 3.05) is 25.9 Å². The Morgan fingerprint density at radius 2 is 2.17 bits per heavy atom. The van der Waals surface area contributed by atoms with Gasteiger partial charge in [-0.15, -0.1) is 0 Å². The number of anilines is 1. The Labute approximate surface area is 135 Å². The lowest BCUT2D eigenvalue weighted by Gasteiger charge is -2.31. The summed E-state index contributed by atoms with van der Waals surface area (Å²) in [6.45, 7) is 1.47. The molecule has 1 aliphatic rings. The number of likely N-dealkylation sites (tertiary alicyclic amines) is 1. The van der Waals surface area contributed by atoms with Gasteiger partial charge in [0, 0.05) is 25.1 Å². The second-order valence-electron chi connectivity index (χ2n) is 5.84. The van der Waals surface area contributed by atoms with Crippen LogP contribution in [0.1, 0.15) is 30.0 Å². The van der Waals surface area contributed by atoms with Gasteiger partial charge in [0.1, 0.15) is 5.75 Å². The monoisotopic (exact) mass is 315 g/mol. The van der Waals surface area contributed by atoms with E-state index in [1.807, 2.05) is 29.2 Å². The Hall–Kier alpha value is -2.50. The van der Waals surface area contributed by atoms with Crippen molar-refractivity contribution in [3.63, 3.8) is 0 Å². The molecule has 0 spiro atoms. The number of amides is 1. The van der Waals surface area contributed by atoms with Crippen molar-refractivity contribution in [2.45, 2.75) is 25.2 Å². The lowest BCUT2D eigenvalue weighted by molar-refractivity contribution is -0.131. The van der Waals surface area contributed by atoms with Crippen molar-refractivity contribution in [2.24, 2.45) is 0 Å². The second-order valence-corrected chi connectivity index (χ2v) is 5.84. The first kappa shape index (κ1) is 15.4. The molecule has 0 unspecified atom stereocenters. The number of rotatable bonds is 4. The Bertz CT molecular complexity index is 675. The van der Waals surface area contributed by atoms with Crippen LogP contribution in [0.5, 0.6) is 5.75 Å². The number of nitrogens with two attached hydrogens (primary N) is 1. The highest BCUT2D eigenvalue weighted by Gasteiger charge is 2.25. The van der Waals surface area contributed by atoms with Crippen molar-refractivity contribution in [3.05, 3.63) is 41.6 Å². The molecule has 2 N–H and O–H groups in total. The molecule has 1 saturated heterocycles. The summed E-state index contributed by atoms with van der Waals surface area (Å²) in [5.41, 5.74) is 7.43. The van der Waals surface area contributed by atoms with Gasteiger partial charge in [0.15, 0.2) is 0 Å². The van der Waals surface area contributed by atoms with Gasteiger partial charge in [-0.1, -0.05) is 17.3 Å². The molecule has 0 bridgehead atoms. The summed E-state index contributed by atoms with van der Waals surface area (Å²) < 4.78 is 10.1. The Morgan fingerprint density at radius 3 is 2.83 bits per heavy atom. The molecule has 6 heteroatoms. The molecule has 1 aromatic carbocycles. The largest absolute Gasteiger partial charge is 0.497 e. The van der Waals surface area contributed by atoms with E-state index < -0.39 is 0 Å². The third-order valence-corrected chi connectivity index (χ3v) is 4.30. The number of methoxy groups -OCH3 is 1. The van der Waals surface area contributed by atoms with Gasteiger partial charge in [-0.2, -0.15) is 0 Å². The average Bonchev–Trinajstić information content (AvgIpc) is 3.01. The van der Waals surface area contributed by atoms with E-state index in [-0.39, 0.29) is 5.91 Å². The average molecular weight is 315 g/mol. The zero-order chi connectivity index (χ0) is 16.2. The maximum Gasteiger partial charge on any atom is 0.226 e. The van der Waals surface area contributed by atoms with Gasteiger partial charge in [0.2, 0.25) is 11.8 Å². The Kier molecular flexibility index (Phi) is 4.50. The van der Waals surface area contributed by atoms with Crippen LogP contribution in [0.15, 0.2) is 34.9 Å². The molecule has 0 aliphatic carbocycles. The minimum absolute atomic E-state index is 0.149. The summed E-state index contributed by atoms with van der Waals surface area (Å²) in [6.07, 6.45) is 2.17. The summed E-state index contributed by atoms with van der Waals surface area (Å²) in [6, 6.07) is 9.41. The van der Waals surface area contributed by atoms with E-state index in [0.29, 0.717) is 18.2 Å². The van der Waals surface area contributed by atoms with Crippen LogP contribution in [-0.4, -0.2) is 36.2 Å². The summed E-state index contributed by atoms with van der Waals surface area (Å²) in [5, 5.41) is 3.98. The first-order valence-corrected chi connectivity index (χ1v) is 7.78. The highest BCUT2D eigenvalue weighted by molar-refractivity contribution is 5.79. The van der Waals surface area contributed by atoms with Gasteiger partial charge in [-0.25, -0.2) is 0 Å². The first-order chi connectivity index (χ1) is 11.2. The van der Waals surface area contributed by atoms with Gasteiger partial charge < -0.3 is 19.9 Å². The number of piperidine rings is 1. The van der Waals surface area contributed by atoms with E-state index in [1.54, 1.807) is 13.2 Å². The van der Waals surface area contributed by atoms with Crippen LogP contribution < -0.4 is 10.5 Å². The van der Waals surface area contributed by atoms with Gasteiger partial charge in [-0.05, 0) is 30.5 Å². The molecule has 1 fully saturated rings. The number of nitrogen functional groups attached to an aromatic ring is 1. The highest BCUT2D eigenvalue weighted by atomic mass is 16.5. The molecule has 3 rings (SSSR count). The standard InChI is InChI=1S/C17H21N3O3/c1-22-14-4-2-3-12(9-14)10-17(21)20-7-5-13(6-8-20)15-11-16(18)23-19-15/h2-4,9,11,13H,5-8,10,18H2,1H3. The van der Waals surface area contributed by atoms with Crippen molar-refractivity contribution in [3.8, 4) is 5.75 Å². The van der Waals surface area contributed by atoms with Crippen LogP contribution in [0.4, 0.5) is 5.88 Å². The normalized spacial score (nSPS) is 15.6. The van der Waals surface area contributed by atoms with E-state index in [9.17, 15) is 4.79 Å². The zero-order valence-electron chi connectivity index (χ0n) is 13.2. The molecular formula is C17H21N3O3. The predicted molar refractivity (Wildman–Crippen MR) is 86.2 cm³/mol.